The van der Waals surface area contributed by atoms with Gasteiger partial charge in [-0.05, 0) is 18.1 Å². The number of methoxy groups -OCH3 is 2. The normalized spacial score (nSPS) is 15.8. The van der Waals surface area contributed by atoms with E-state index in [1.807, 2.05) is 41.2 Å². The van der Waals surface area contributed by atoms with Crippen molar-refractivity contribution in [1.82, 2.24) is 24.9 Å². The van der Waals surface area contributed by atoms with Crippen molar-refractivity contribution in [3.8, 4) is 11.8 Å². The Labute approximate surface area is 180 Å². The standard InChI is InChI=1S/C22H25N5O4/c1-29-20-9-8-19(21(23-20)30-2)22(28)26-11-10-18(13-26)27-12-17(24-25-27)15-31-14-16-6-4-3-5-7-16/h3-9,12,18H,10-11,13-15H2,1-2H3. The van der Waals surface area contributed by atoms with Crippen molar-refractivity contribution in [2.45, 2.75) is 25.7 Å². The van der Waals surface area contributed by atoms with Crippen molar-refractivity contribution >= 4 is 5.91 Å². The van der Waals surface area contributed by atoms with Crippen LogP contribution in [0.3, 0.4) is 0 Å². The molecule has 0 spiro atoms. The summed E-state index contributed by atoms with van der Waals surface area (Å²) >= 11 is 0. The molecule has 0 N–H and O–H groups in total. The number of carbonyl (C=O) groups excluding carboxylic acids is 1. The lowest BCUT2D eigenvalue weighted by Crippen LogP contribution is -2.29. The molecule has 1 atom stereocenters. The Hall–Kier alpha value is -3.46. The number of benzene rings is 1. The lowest BCUT2D eigenvalue weighted by Gasteiger charge is -2.18. The van der Waals surface area contributed by atoms with Gasteiger partial charge in [-0.3, -0.25) is 4.79 Å². The molecule has 162 valence electrons. The Morgan fingerprint density at radius 3 is 2.71 bits per heavy atom. The Morgan fingerprint density at radius 1 is 1.10 bits per heavy atom. The zero-order chi connectivity index (χ0) is 21.6. The quantitative estimate of drug-likeness (QED) is 0.550. The molecule has 1 aromatic carbocycles. The van der Waals surface area contributed by atoms with E-state index in [0.717, 1.165) is 17.7 Å². The molecule has 0 saturated carbocycles. The third-order valence-corrected chi connectivity index (χ3v) is 5.21. The fraction of sp³-hybridized carbons (Fsp3) is 0.364. The number of ether oxygens (including phenoxy) is 3. The molecular formula is C22H25N5O4. The monoisotopic (exact) mass is 423 g/mol. The second-order valence-electron chi connectivity index (χ2n) is 7.27. The van der Waals surface area contributed by atoms with Gasteiger partial charge < -0.3 is 19.1 Å². The van der Waals surface area contributed by atoms with Gasteiger partial charge in [-0.1, -0.05) is 35.5 Å². The van der Waals surface area contributed by atoms with Crippen molar-refractivity contribution < 1.29 is 19.0 Å². The second-order valence-corrected chi connectivity index (χ2v) is 7.27. The largest absolute Gasteiger partial charge is 0.481 e. The first-order valence-electron chi connectivity index (χ1n) is 10.1. The van der Waals surface area contributed by atoms with Crippen LogP contribution in [0.25, 0.3) is 0 Å². The summed E-state index contributed by atoms with van der Waals surface area (Å²) < 4.78 is 17.9. The summed E-state index contributed by atoms with van der Waals surface area (Å²) in [4.78, 5) is 19.0. The van der Waals surface area contributed by atoms with Gasteiger partial charge in [-0.25, -0.2) is 4.68 Å². The SMILES string of the molecule is COc1ccc(C(=O)N2CCC(n3cc(COCc4ccccc4)nn3)C2)c(OC)n1. The highest BCUT2D eigenvalue weighted by molar-refractivity contribution is 5.96. The molecule has 9 nitrogen and oxygen atoms in total. The van der Waals surface area contributed by atoms with Gasteiger partial charge in [0.25, 0.3) is 5.91 Å². The van der Waals surface area contributed by atoms with Crippen LogP contribution >= 0.6 is 0 Å². The summed E-state index contributed by atoms with van der Waals surface area (Å²) in [7, 11) is 3.01. The minimum absolute atomic E-state index is 0.0662. The van der Waals surface area contributed by atoms with Crippen LogP contribution in [-0.2, 0) is 18.0 Å². The minimum Gasteiger partial charge on any atom is -0.481 e. The molecule has 9 heteroatoms. The van der Waals surface area contributed by atoms with Crippen molar-refractivity contribution in [2.75, 3.05) is 27.3 Å². The highest BCUT2D eigenvalue weighted by Crippen LogP contribution is 2.26. The number of rotatable bonds is 8. The maximum absolute atomic E-state index is 13.0. The average Bonchev–Trinajstić information content (AvgIpc) is 3.49. The summed E-state index contributed by atoms with van der Waals surface area (Å²) in [6.45, 7) is 2.08. The van der Waals surface area contributed by atoms with Crippen LogP contribution < -0.4 is 9.47 Å². The van der Waals surface area contributed by atoms with Gasteiger partial charge in [0.2, 0.25) is 11.8 Å². The molecule has 1 amide bonds. The van der Waals surface area contributed by atoms with Gasteiger partial charge in [-0.15, -0.1) is 5.10 Å². The van der Waals surface area contributed by atoms with Crippen molar-refractivity contribution in [2.24, 2.45) is 0 Å². The summed E-state index contributed by atoms with van der Waals surface area (Å²) in [6, 6.07) is 13.4. The minimum atomic E-state index is -0.124. The van der Waals surface area contributed by atoms with Gasteiger partial charge >= 0.3 is 0 Å². The van der Waals surface area contributed by atoms with E-state index < -0.39 is 0 Å². The summed E-state index contributed by atoms with van der Waals surface area (Å²) in [5.74, 6) is 0.532. The van der Waals surface area contributed by atoms with Crippen molar-refractivity contribution in [3.05, 3.63) is 65.5 Å². The predicted molar refractivity (Wildman–Crippen MR) is 112 cm³/mol. The Balaban J connectivity index is 1.34. The first-order chi connectivity index (χ1) is 15.2. The van der Waals surface area contributed by atoms with Crippen LogP contribution in [0.1, 0.15) is 34.1 Å². The molecule has 0 bridgehead atoms. The highest BCUT2D eigenvalue weighted by Gasteiger charge is 2.30. The molecule has 1 saturated heterocycles. The third kappa shape index (κ3) is 4.83. The third-order valence-electron chi connectivity index (χ3n) is 5.21. The number of aromatic nitrogens is 4. The van der Waals surface area contributed by atoms with Crippen LogP contribution in [0.15, 0.2) is 48.7 Å². The number of amides is 1. The van der Waals surface area contributed by atoms with Gasteiger partial charge in [0, 0.05) is 19.2 Å². The highest BCUT2D eigenvalue weighted by atomic mass is 16.5. The first-order valence-corrected chi connectivity index (χ1v) is 10.1. The maximum Gasteiger partial charge on any atom is 0.259 e. The van der Waals surface area contributed by atoms with E-state index in [2.05, 4.69) is 15.3 Å². The lowest BCUT2D eigenvalue weighted by molar-refractivity contribution is 0.0782. The summed E-state index contributed by atoms with van der Waals surface area (Å²) in [5, 5.41) is 8.45. The number of hydrogen-bond donors (Lipinski definition) is 0. The zero-order valence-corrected chi connectivity index (χ0v) is 17.6. The molecule has 1 fully saturated rings. The lowest BCUT2D eigenvalue weighted by atomic mass is 10.2. The van der Waals surface area contributed by atoms with Gasteiger partial charge in [-0.2, -0.15) is 4.98 Å². The maximum atomic E-state index is 13.0. The fourth-order valence-corrected chi connectivity index (χ4v) is 3.57. The predicted octanol–water partition coefficient (Wildman–Crippen LogP) is 2.49. The molecule has 31 heavy (non-hydrogen) atoms. The second kappa shape index (κ2) is 9.57. The smallest absolute Gasteiger partial charge is 0.259 e. The van der Waals surface area contributed by atoms with Gasteiger partial charge in [0.05, 0.1) is 39.7 Å². The number of pyridine rings is 1. The number of likely N-dealkylation sites (tertiary alicyclic amines) is 1. The van der Waals surface area contributed by atoms with Gasteiger partial charge in [0.1, 0.15) is 11.3 Å². The molecule has 0 aliphatic carbocycles. The molecule has 1 aliphatic rings. The molecular weight excluding hydrogens is 398 g/mol. The fourth-order valence-electron chi connectivity index (χ4n) is 3.57. The molecule has 1 aliphatic heterocycles. The van der Waals surface area contributed by atoms with E-state index in [0.29, 0.717) is 37.7 Å². The van der Waals surface area contributed by atoms with E-state index in [4.69, 9.17) is 14.2 Å². The van der Waals surface area contributed by atoms with Crippen molar-refractivity contribution in [3.63, 3.8) is 0 Å². The molecule has 1 unspecified atom stereocenters. The molecule has 2 aromatic heterocycles. The summed E-state index contributed by atoms with van der Waals surface area (Å²) in [6.07, 6.45) is 2.68. The first kappa shape index (κ1) is 20.8. The number of nitrogens with zero attached hydrogens (tertiary/aromatic N) is 5. The summed E-state index contributed by atoms with van der Waals surface area (Å²) in [5.41, 5.74) is 2.29. The van der Waals surface area contributed by atoms with Gasteiger partial charge in [0.15, 0.2) is 0 Å². The van der Waals surface area contributed by atoms with E-state index in [1.165, 1.54) is 14.2 Å². The molecule has 3 aromatic rings. The van der Waals surface area contributed by atoms with Crippen molar-refractivity contribution in [1.29, 1.82) is 0 Å². The Morgan fingerprint density at radius 2 is 1.94 bits per heavy atom. The Kier molecular flexibility index (Phi) is 6.42. The van der Waals surface area contributed by atoms with E-state index in [9.17, 15) is 4.79 Å². The van der Waals surface area contributed by atoms with E-state index >= 15 is 0 Å². The Bertz CT molecular complexity index is 1020. The number of hydrogen-bond acceptors (Lipinski definition) is 7. The van der Waals surface area contributed by atoms with Crippen LogP contribution in [0, 0.1) is 0 Å². The van der Waals surface area contributed by atoms with Crippen LogP contribution in [0.4, 0.5) is 0 Å². The molecule has 4 rings (SSSR count). The van der Waals surface area contributed by atoms with Crippen LogP contribution in [0.5, 0.6) is 11.8 Å². The topological polar surface area (TPSA) is 91.6 Å². The van der Waals surface area contributed by atoms with E-state index in [1.54, 1.807) is 17.0 Å². The average molecular weight is 423 g/mol. The van der Waals surface area contributed by atoms with Crippen LogP contribution in [-0.4, -0.2) is 58.1 Å². The van der Waals surface area contributed by atoms with E-state index in [-0.39, 0.29) is 17.8 Å². The molecule has 0 radical (unpaired) electrons. The zero-order valence-electron chi connectivity index (χ0n) is 17.6. The molecule has 3 heterocycles. The van der Waals surface area contributed by atoms with Crippen LogP contribution in [0.2, 0.25) is 0 Å². The number of carbonyl (C=O) groups is 1.